The van der Waals surface area contributed by atoms with E-state index in [4.69, 9.17) is 5.73 Å². The minimum atomic E-state index is -4.27. The van der Waals surface area contributed by atoms with Crippen molar-refractivity contribution in [3.63, 3.8) is 0 Å². The van der Waals surface area contributed by atoms with Crippen molar-refractivity contribution < 1.29 is 13.2 Å². The van der Waals surface area contributed by atoms with Gasteiger partial charge in [0, 0.05) is 0 Å². The summed E-state index contributed by atoms with van der Waals surface area (Å²) >= 11 is 0. The van der Waals surface area contributed by atoms with Gasteiger partial charge in [0.15, 0.2) is 0 Å². The van der Waals surface area contributed by atoms with Crippen LogP contribution in [-0.2, 0) is 6.18 Å². The molecule has 2 N–H and O–H groups in total. The number of hydrogen-bond donors (Lipinski definition) is 1. The Bertz CT molecular complexity index is 481. The lowest BCUT2D eigenvalue weighted by Crippen LogP contribution is -2.29. The minimum Gasteiger partial charge on any atom is -0.330 e. The Morgan fingerprint density at radius 2 is 1.95 bits per heavy atom. The van der Waals surface area contributed by atoms with Gasteiger partial charge in [-0.3, -0.25) is 0 Å². The highest BCUT2D eigenvalue weighted by molar-refractivity contribution is 5.35. The molecule has 1 saturated carbocycles. The van der Waals surface area contributed by atoms with Crippen LogP contribution in [0.5, 0.6) is 0 Å². The SMILES string of the molecule is CCC1CCC(CN)C(c2ccc(C(F)(F)F)cc2C)C1. The number of nitrogens with two attached hydrogens (primary N) is 1. The molecule has 0 spiro atoms. The molecule has 0 aromatic heterocycles. The van der Waals surface area contributed by atoms with Crippen LogP contribution in [0.2, 0.25) is 0 Å². The van der Waals surface area contributed by atoms with Crippen LogP contribution in [0.3, 0.4) is 0 Å². The molecule has 0 amide bonds. The summed E-state index contributed by atoms with van der Waals surface area (Å²) in [5.41, 5.74) is 7.12. The molecule has 0 radical (unpaired) electrons. The van der Waals surface area contributed by atoms with E-state index in [9.17, 15) is 13.2 Å². The summed E-state index contributed by atoms with van der Waals surface area (Å²) in [6, 6.07) is 4.16. The van der Waals surface area contributed by atoms with E-state index >= 15 is 0 Å². The van der Waals surface area contributed by atoms with Gasteiger partial charge in [0.25, 0.3) is 0 Å². The molecule has 0 heterocycles. The monoisotopic (exact) mass is 299 g/mol. The molecule has 2 rings (SSSR count). The molecule has 0 bridgehead atoms. The van der Waals surface area contributed by atoms with Crippen molar-refractivity contribution in [2.75, 3.05) is 6.54 Å². The summed E-state index contributed by atoms with van der Waals surface area (Å²) in [6.45, 7) is 4.58. The maximum Gasteiger partial charge on any atom is 0.416 e. The van der Waals surface area contributed by atoms with Crippen LogP contribution in [0.15, 0.2) is 18.2 Å². The molecule has 118 valence electrons. The zero-order valence-corrected chi connectivity index (χ0v) is 12.7. The van der Waals surface area contributed by atoms with E-state index in [-0.39, 0.29) is 0 Å². The van der Waals surface area contributed by atoms with Gasteiger partial charge in [-0.2, -0.15) is 13.2 Å². The summed E-state index contributed by atoms with van der Waals surface area (Å²) in [7, 11) is 0. The van der Waals surface area contributed by atoms with Crippen molar-refractivity contribution in [3.8, 4) is 0 Å². The highest BCUT2D eigenvalue weighted by Gasteiger charge is 2.34. The molecule has 1 fully saturated rings. The first-order chi connectivity index (χ1) is 9.86. The fourth-order valence-corrected chi connectivity index (χ4v) is 3.62. The van der Waals surface area contributed by atoms with E-state index in [0.717, 1.165) is 30.4 Å². The summed E-state index contributed by atoms with van der Waals surface area (Å²) < 4.78 is 38.3. The Kier molecular flexibility index (Phi) is 4.97. The zero-order chi connectivity index (χ0) is 15.6. The Morgan fingerprint density at radius 1 is 1.24 bits per heavy atom. The van der Waals surface area contributed by atoms with Crippen LogP contribution in [-0.4, -0.2) is 6.54 Å². The third-order valence-corrected chi connectivity index (χ3v) is 4.98. The smallest absolute Gasteiger partial charge is 0.330 e. The van der Waals surface area contributed by atoms with Gasteiger partial charge in [-0.25, -0.2) is 0 Å². The van der Waals surface area contributed by atoms with Crippen molar-refractivity contribution in [2.45, 2.75) is 51.6 Å². The van der Waals surface area contributed by atoms with Crippen molar-refractivity contribution >= 4 is 0 Å². The number of alkyl halides is 3. The molecule has 1 aliphatic rings. The Balaban J connectivity index is 2.30. The van der Waals surface area contributed by atoms with E-state index in [0.29, 0.717) is 24.3 Å². The largest absolute Gasteiger partial charge is 0.416 e. The average Bonchev–Trinajstić information content (AvgIpc) is 2.45. The number of hydrogen-bond acceptors (Lipinski definition) is 1. The molecule has 0 aliphatic heterocycles. The summed E-state index contributed by atoms with van der Waals surface area (Å²) in [4.78, 5) is 0. The highest BCUT2D eigenvalue weighted by atomic mass is 19.4. The Hall–Kier alpha value is -1.03. The fourth-order valence-electron chi connectivity index (χ4n) is 3.62. The maximum atomic E-state index is 12.8. The van der Waals surface area contributed by atoms with Crippen molar-refractivity contribution in [1.82, 2.24) is 0 Å². The van der Waals surface area contributed by atoms with Crippen molar-refractivity contribution in [1.29, 1.82) is 0 Å². The molecule has 21 heavy (non-hydrogen) atoms. The van der Waals surface area contributed by atoms with Gasteiger partial charge in [-0.1, -0.05) is 25.8 Å². The van der Waals surface area contributed by atoms with Gasteiger partial charge < -0.3 is 5.73 Å². The van der Waals surface area contributed by atoms with Crippen molar-refractivity contribution in [3.05, 3.63) is 34.9 Å². The average molecular weight is 299 g/mol. The first-order valence-electron chi connectivity index (χ1n) is 7.74. The summed E-state index contributed by atoms with van der Waals surface area (Å²) in [6.07, 6.45) is 0.182. The van der Waals surface area contributed by atoms with E-state index in [1.807, 2.05) is 0 Å². The summed E-state index contributed by atoms with van der Waals surface area (Å²) in [5, 5.41) is 0. The lowest BCUT2D eigenvalue weighted by Gasteiger charge is -2.36. The normalized spacial score (nSPS) is 26.9. The second-order valence-electron chi connectivity index (χ2n) is 6.26. The Labute approximate surface area is 124 Å². The van der Waals surface area contributed by atoms with Crippen LogP contribution in [0.25, 0.3) is 0 Å². The lowest BCUT2D eigenvalue weighted by atomic mass is 9.69. The number of benzene rings is 1. The summed E-state index contributed by atoms with van der Waals surface area (Å²) in [5.74, 6) is 1.36. The number of rotatable bonds is 3. The van der Waals surface area contributed by atoms with Gasteiger partial charge in [0.1, 0.15) is 0 Å². The van der Waals surface area contributed by atoms with Crippen LogP contribution in [0.4, 0.5) is 13.2 Å². The van der Waals surface area contributed by atoms with Crippen molar-refractivity contribution in [2.24, 2.45) is 17.6 Å². The topological polar surface area (TPSA) is 26.0 Å². The quantitative estimate of drug-likeness (QED) is 0.845. The molecule has 1 aliphatic carbocycles. The van der Waals surface area contributed by atoms with Crippen LogP contribution in [0.1, 0.15) is 55.2 Å². The van der Waals surface area contributed by atoms with Crippen LogP contribution in [0, 0.1) is 18.8 Å². The highest BCUT2D eigenvalue weighted by Crippen LogP contribution is 2.43. The maximum absolute atomic E-state index is 12.8. The molecule has 1 aromatic rings. The lowest BCUT2D eigenvalue weighted by molar-refractivity contribution is -0.137. The Morgan fingerprint density at radius 3 is 2.48 bits per heavy atom. The first-order valence-corrected chi connectivity index (χ1v) is 7.74. The van der Waals surface area contributed by atoms with E-state index in [2.05, 4.69) is 6.92 Å². The van der Waals surface area contributed by atoms with Crippen LogP contribution < -0.4 is 5.73 Å². The number of aryl methyl sites for hydroxylation is 1. The predicted octanol–water partition coefficient (Wildman–Crippen LogP) is 4.88. The van der Waals surface area contributed by atoms with Crippen LogP contribution >= 0.6 is 0 Å². The molecule has 4 heteroatoms. The van der Waals surface area contributed by atoms with Gasteiger partial charge in [0.2, 0.25) is 0 Å². The molecule has 1 aromatic carbocycles. The van der Waals surface area contributed by atoms with Gasteiger partial charge in [-0.15, -0.1) is 0 Å². The molecular formula is C17H24F3N. The predicted molar refractivity (Wildman–Crippen MR) is 79.1 cm³/mol. The third-order valence-electron chi connectivity index (χ3n) is 4.98. The third kappa shape index (κ3) is 3.60. The second-order valence-corrected chi connectivity index (χ2v) is 6.26. The second kappa shape index (κ2) is 6.39. The molecular weight excluding hydrogens is 275 g/mol. The fraction of sp³-hybridized carbons (Fsp3) is 0.647. The van der Waals surface area contributed by atoms with E-state index in [1.54, 1.807) is 13.0 Å². The molecule has 3 atom stereocenters. The molecule has 1 nitrogen and oxygen atoms in total. The van der Waals surface area contributed by atoms with E-state index in [1.165, 1.54) is 18.6 Å². The van der Waals surface area contributed by atoms with Gasteiger partial charge >= 0.3 is 6.18 Å². The first kappa shape index (κ1) is 16.3. The standard InChI is InChI=1S/C17H24F3N/c1-3-12-4-5-13(10-21)16(9-12)15-7-6-14(8-11(15)2)17(18,19)20/h6-8,12-13,16H,3-5,9-10,21H2,1-2H3. The van der Waals surface area contributed by atoms with Gasteiger partial charge in [-0.05, 0) is 67.3 Å². The van der Waals surface area contributed by atoms with E-state index < -0.39 is 11.7 Å². The minimum absolute atomic E-state index is 0.302. The molecule has 3 unspecified atom stereocenters. The van der Waals surface area contributed by atoms with Gasteiger partial charge in [0.05, 0.1) is 5.56 Å². The zero-order valence-electron chi connectivity index (χ0n) is 12.7. The number of halogens is 3. The molecule has 0 saturated heterocycles.